The number of unbranched alkanes of at least 4 members (excludes halogenated alkanes) is 1. The van der Waals surface area contributed by atoms with Crippen LogP contribution in [0.4, 0.5) is 0 Å². The molecule has 4 nitrogen and oxygen atoms in total. The summed E-state index contributed by atoms with van der Waals surface area (Å²) in [7, 11) is 0. The van der Waals surface area contributed by atoms with Crippen LogP contribution in [0.1, 0.15) is 58.3 Å². The van der Waals surface area contributed by atoms with Gasteiger partial charge in [0, 0.05) is 6.42 Å². The standard InChI is InChI=1S/C22H31NO3/c1-2-3-4-16-19-22(23(25)26)20-17-14-12-10-8-6-5-7-9-11-13-15-18-21-24/h3-5,7-8,10-11,13-14,17,19,21H,2,6,9,12,15-16,18,20H2,1H3/b4-3-,7-5-,10-8-,13-11-,17-14-,22-19+. The summed E-state index contributed by atoms with van der Waals surface area (Å²) >= 11 is 0. The number of carbonyl (C=O) groups excluding carboxylic acids is 1. The Morgan fingerprint density at radius 1 is 0.769 bits per heavy atom. The normalized spacial score (nSPS) is 13.2. The van der Waals surface area contributed by atoms with Crippen molar-refractivity contribution in [3.8, 4) is 0 Å². The number of nitrogens with zero attached hydrogens (tertiary/aromatic N) is 1. The van der Waals surface area contributed by atoms with Crippen LogP contribution in [0.2, 0.25) is 0 Å². The predicted octanol–water partition coefficient (Wildman–Crippen LogP) is 6.27. The lowest BCUT2D eigenvalue weighted by Crippen LogP contribution is -1.97. The van der Waals surface area contributed by atoms with E-state index in [0.29, 0.717) is 19.3 Å². The van der Waals surface area contributed by atoms with Gasteiger partial charge in [-0.1, -0.05) is 67.7 Å². The first-order valence-corrected chi connectivity index (χ1v) is 9.24. The molecular weight excluding hydrogens is 326 g/mol. The molecule has 0 amide bonds. The number of allylic oxidation sites excluding steroid dienone is 11. The second-order valence-electron chi connectivity index (χ2n) is 5.61. The number of carbonyl (C=O) groups is 1. The number of rotatable bonds is 15. The fourth-order valence-corrected chi connectivity index (χ4v) is 2.00. The van der Waals surface area contributed by atoms with Gasteiger partial charge in [0.25, 0.3) is 0 Å². The first-order valence-electron chi connectivity index (χ1n) is 9.24. The monoisotopic (exact) mass is 357 g/mol. The summed E-state index contributed by atoms with van der Waals surface area (Å²) in [5, 5.41) is 11.0. The van der Waals surface area contributed by atoms with Crippen molar-refractivity contribution in [2.24, 2.45) is 0 Å². The summed E-state index contributed by atoms with van der Waals surface area (Å²) < 4.78 is 0. The van der Waals surface area contributed by atoms with Gasteiger partial charge in [0.1, 0.15) is 6.29 Å². The van der Waals surface area contributed by atoms with E-state index in [1.807, 2.05) is 37.3 Å². The molecule has 0 aliphatic heterocycles. The third kappa shape index (κ3) is 16.4. The van der Waals surface area contributed by atoms with Gasteiger partial charge in [0.05, 0.1) is 11.3 Å². The number of nitro groups is 1. The summed E-state index contributed by atoms with van der Waals surface area (Å²) in [5.74, 6) is 0. The van der Waals surface area contributed by atoms with Crippen LogP contribution in [-0.2, 0) is 4.79 Å². The molecule has 0 saturated carbocycles. The molecule has 0 aliphatic carbocycles. The molecule has 142 valence electrons. The lowest BCUT2D eigenvalue weighted by Gasteiger charge is -1.93. The largest absolute Gasteiger partial charge is 0.303 e. The van der Waals surface area contributed by atoms with Gasteiger partial charge in [-0.2, -0.15) is 0 Å². The van der Waals surface area contributed by atoms with E-state index in [1.165, 1.54) is 0 Å². The maximum atomic E-state index is 11.0. The van der Waals surface area contributed by atoms with Gasteiger partial charge < -0.3 is 4.79 Å². The van der Waals surface area contributed by atoms with E-state index in [-0.39, 0.29) is 10.6 Å². The lowest BCUT2D eigenvalue weighted by molar-refractivity contribution is -0.427. The highest BCUT2D eigenvalue weighted by Crippen LogP contribution is 2.06. The van der Waals surface area contributed by atoms with Crippen molar-refractivity contribution in [2.45, 2.75) is 58.3 Å². The summed E-state index contributed by atoms with van der Waals surface area (Å²) in [6.45, 7) is 2.04. The molecule has 0 rings (SSSR count). The third-order valence-electron chi connectivity index (χ3n) is 3.39. The Morgan fingerprint density at radius 3 is 1.85 bits per heavy atom. The summed E-state index contributed by atoms with van der Waals surface area (Å²) in [4.78, 5) is 20.8. The molecule has 0 aromatic heterocycles. The zero-order chi connectivity index (χ0) is 19.3. The van der Waals surface area contributed by atoms with E-state index in [0.717, 1.165) is 38.4 Å². The van der Waals surface area contributed by atoms with E-state index in [2.05, 4.69) is 30.4 Å². The highest BCUT2D eigenvalue weighted by atomic mass is 16.6. The predicted molar refractivity (Wildman–Crippen MR) is 109 cm³/mol. The van der Waals surface area contributed by atoms with Crippen LogP contribution in [0.3, 0.4) is 0 Å². The molecule has 0 spiro atoms. The first kappa shape index (κ1) is 23.5. The molecule has 26 heavy (non-hydrogen) atoms. The average Bonchev–Trinajstić information content (AvgIpc) is 2.63. The topological polar surface area (TPSA) is 60.2 Å². The number of hydrogen-bond donors (Lipinski definition) is 0. The Labute approximate surface area is 157 Å². The molecule has 0 aromatic carbocycles. The van der Waals surface area contributed by atoms with Crippen LogP contribution in [-0.4, -0.2) is 11.2 Å². The van der Waals surface area contributed by atoms with Gasteiger partial charge >= 0.3 is 0 Å². The maximum absolute atomic E-state index is 11.0. The van der Waals surface area contributed by atoms with Gasteiger partial charge in [-0.25, -0.2) is 0 Å². The summed E-state index contributed by atoms with van der Waals surface area (Å²) in [6, 6.07) is 0. The number of aldehydes is 1. The van der Waals surface area contributed by atoms with Gasteiger partial charge in [-0.15, -0.1) is 0 Å². The van der Waals surface area contributed by atoms with Crippen molar-refractivity contribution >= 4 is 6.29 Å². The van der Waals surface area contributed by atoms with Gasteiger partial charge in [0.2, 0.25) is 5.70 Å². The maximum Gasteiger partial charge on any atom is 0.246 e. The van der Waals surface area contributed by atoms with Crippen LogP contribution in [0.15, 0.2) is 72.5 Å². The number of hydrogen-bond acceptors (Lipinski definition) is 3. The van der Waals surface area contributed by atoms with Crippen molar-refractivity contribution in [3.63, 3.8) is 0 Å². The second-order valence-corrected chi connectivity index (χ2v) is 5.61. The van der Waals surface area contributed by atoms with Crippen LogP contribution in [0, 0.1) is 10.1 Å². The smallest absolute Gasteiger partial charge is 0.246 e. The molecule has 0 radical (unpaired) electrons. The highest BCUT2D eigenvalue weighted by Gasteiger charge is 2.06. The zero-order valence-electron chi connectivity index (χ0n) is 15.8. The van der Waals surface area contributed by atoms with E-state index >= 15 is 0 Å². The zero-order valence-corrected chi connectivity index (χ0v) is 15.8. The van der Waals surface area contributed by atoms with Gasteiger partial charge in [0.15, 0.2) is 0 Å². The molecule has 0 unspecified atom stereocenters. The lowest BCUT2D eigenvalue weighted by atomic mass is 10.2. The molecule has 0 aliphatic rings. The van der Waals surface area contributed by atoms with Gasteiger partial charge in [-0.05, 0) is 44.6 Å². The minimum absolute atomic E-state index is 0.245. The molecule has 0 atom stereocenters. The molecule has 0 N–H and O–H groups in total. The van der Waals surface area contributed by atoms with E-state index in [9.17, 15) is 14.9 Å². The second kappa shape index (κ2) is 18.8. The van der Waals surface area contributed by atoms with E-state index in [4.69, 9.17) is 0 Å². The van der Waals surface area contributed by atoms with Crippen molar-refractivity contribution in [2.75, 3.05) is 0 Å². The minimum atomic E-state index is -0.307. The van der Waals surface area contributed by atoms with E-state index < -0.39 is 0 Å². The Kier molecular flexibility index (Phi) is 17.0. The van der Waals surface area contributed by atoms with Crippen LogP contribution in [0.5, 0.6) is 0 Å². The quantitative estimate of drug-likeness (QED) is 0.114. The average molecular weight is 357 g/mol. The van der Waals surface area contributed by atoms with Crippen molar-refractivity contribution in [1.29, 1.82) is 0 Å². The van der Waals surface area contributed by atoms with Crippen LogP contribution in [0.25, 0.3) is 0 Å². The summed E-state index contributed by atoms with van der Waals surface area (Å²) in [6.07, 6.45) is 28.6. The molecule has 0 fully saturated rings. The molecule has 4 heteroatoms. The molecule has 0 heterocycles. The van der Waals surface area contributed by atoms with Gasteiger partial charge in [-0.3, -0.25) is 10.1 Å². The van der Waals surface area contributed by atoms with Crippen LogP contribution >= 0.6 is 0 Å². The molecule has 0 saturated heterocycles. The highest BCUT2D eigenvalue weighted by molar-refractivity contribution is 5.49. The summed E-state index contributed by atoms with van der Waals surface area (Å²) in [5.41, 5.74) is 0.245. The molecule has 0 aromatic rings. The SMILES string of the molecule is CC/C=C\C/C=C(\C/C=C\C/C=C\C/C=C\C/C=C\CCC=O)[N+](=O)[O-]. The van der Waals surface area contributed by atoms with Crippen molar-refractivity contribution in [3.05, 3.63) is 82.6 Å². The molecule has 0 bridgehead atoms. The van der Waals surface area contributed by atoms with E-state index in [1.54, 1.807) is 6.08 Å². The Morgan fingerprint density at radius 2 is 1.31 bits per heavy atom. The van der Waals surface area contributed by atoms with Crippen LogP contribution < -0.4 is 0 Å². The Balaban J connectivity index is 3.94. The fourth-order valence-electron chi connectivity index (χ4n) is 2.00. The Bertz CT molecular complexity index is 552. The van der Waals surface area contributed by atoms with Crippen molar-refractivity contribution in [1.82, 2.24) is 0 Å². The minimum Gasteiger partial charge on any atom is -0.303 e. The molecular formula is C22H31NO3. The fraction of sp³-hybridized carbons (Fsp3) is 0.409. The third-order valence-corrected chi connectivity index (χ3v) is 3.39. The Hall–Kier alpha value is -2.49. The van der Waals surface area contributed by atoms with Crippen molar-refractivity contribution < 1.29 is 9.72 Å². The first-order chi connectivity index (χ1) is 12.7.